The Morgan fingerprint density at radius 3 is 2.56 bits per heavy atom. The van der Waals surface area contributed by atoms with Gasteiger partial charge in [0.15, 0.2) is 11.9 Å². The van der Waals surface area contributed by atoms with Crippen molar-refractivity contribution in [3.63, 3.8) is 0 Å². The predicted octanol–water partition coefficient (Wildman–Crippen LogP) is 2.18. The summed E-state index contributed by atoms with van der Waals surface area (Å²) in [5.41, 5.74) is 3.28. The number of aliphatic hydroxyl groups excluding tert-OH is 1. The zero-order chi connectivity index (χ0) is 18.4. The molecule has 0 saturated carbocycles. The van der Waals surface area contributed by atoms with Crippen molar-refractivity contribution >= 4 is 17.3 Å². The van der Waals surface area contributed by atoms with E-state index in [1.54, 1.807) is 43.3 Å². The van der Waals surface area contributed by atoms with E-state index in [0.717, 1.165) is 0 Å². The van der Waals surface area contributed by atoms with Crippen LogP contribution in [0.3, 0.4) is 0 Å². The predicted molar refractivity (Wildman–Crippen MR) is 91.4 cm³/mol. The number of hydrazone groups is 1. The van der Waals surface area contributed by atoms with E-state index in [1.807, 2.05) is 0 Å². The summed E-state index contributed by atoms with van der Waals surface area (Å²) in [7, 11) is 1.34. The van der Waals surface area contributed by atoms with Crippen LogP contribution < -0.4 is 10.2 Å². The fraction of sp³-hybridized carbons (Fsp3) is 0.176. The number of methoxy groups -OCH3 is 1. The molecule has 0 heterocycles. The molecule has 2 aromatic rings. The molecule has 0 spiro atoms. The Bertz CT molecular complexity index is 805. The zero-order valence-corrected chi connectivity index (χ0v) is 13.7. The topological polar surface area (TPSA) is 114 Å². The molecule has 25 heavy (non-hydrogen) atoms. The Kier molecular flexibility index (Phi) is 5.80. The molecule has 0 saturated heterocycles. The molecule has 8 heteroatoms. The lowest BCUT2D eigenvalue weighted by molar-refractivity contribution is -0.385. The number of amides is 1. The van der Waals surface area contributed by atoms with Crippen molar-refractivity contribution in [1.29, 1.82) is 0 Å². The Balaban J connectivity index is 2.15. The number of ether oxygens (including phenoxy) is 1. The van der Waals surface area contributed by atoms with Gasteiger partial charge in [0.1, 0.15) is 0 Å². The zero-order valence-electron chi connectivity index (χ0n) is 13.7. The summed E-state index contributed by atoms with van der Waals surface area (Å²) in [6.45, 7) is 1.58. The summed E-state index contributed by atoms with van der Waals surface area (Å²) in [5.74, 6) is -0.571. The third-order valence-electron chi connectivity index (χ3n) is 3.49. The van der Waals surface area contributed by atoms with Crippen LogP contribution in [0.2, 0.25) is 0 Å². The number of rotatable bonds is 6. The molecule has 0 aliphatic heterocycles. The van der Waals surface area contributed by atoms with Crippen molar-refractivity contribution in [1.82, 2.24) is 5.43 Å². The number of carbonyl (C=O) groups excluding carboxylic acids is 1. The molecule has 1 amide bonds. The number of hydrogen-bond donors (Lipinski definition) is 2. The molecule has 2 aromatic carbocycles. The highest BCUT2D eigenvalue weighted by Crippen LogP contribution is 2.27. The van der Waals surface area contributed by atoms with Crippen molar-refractivity contribution in [3.05, 3.63) is 69.8 Å². The Labute approximate surface area is 143 Å². The summed E-state index contributed by atoms with van der Waals surface area (Å²) >= 11 is 0. The molecule has 8 nitrogen and oxygen atoms in total. The second kappa shape index (κ2) is 8.02. The van der Waals surface area contributed by atoms with Crippen LogP contribution in [0.1, 0.15) is 24.2 Å². The molecule has 0 aliphatic rings. The summed E-state index contributed by atoms with van der Waals surface area (Å²) < 4.78 is 4.94. The average molecular weight is 343 g/mol. The smallest absolute Gasteiger partial charge is 0.311 e. The van der Waals surface area contributed by atoms with Gasteiger partial charge < -0.3 is 9.84 Å². The lowest BCUT2D eigenvalue weighted by atomic mass is 10.1. The molecule has 0 radical (unpaired) electrons. The summed E-state index contributed by atoms with van der Waals surface area (Å²) in [5, 5.41) is 24.9. The van der Waals surface area contributed by atoms with Crippen molar-refractivity contribution < 1.29 is 19.6 Å². The standard InChI is InChI=1S/C17H17N3O5/c1-11(13-8-9-15(25-2)14(10-13)20(23)24)18-19-17(22)16(21)12-6-4-3-5-7-12/h3-10,16,21H,1-2H3,(H,19,22)/t16-/m0/s1. The number of aliphatic hydroxyl groups is 1. The van der Waals surface area contributed by atoms with Crippen LogP contribution in [-0.2, 0) is 4.79 Å². The first kappa shape index (κ1) is 18.1. The Morgan fingerprint density at radius 2 is 1.96 bits per heavy atom. The van der Waals surface area contributed by atoms with Crippen molar-refractivity contribution in [2.75, 3.05) is 7.11 Å². The van der Waals surface area contributed by atoms with Gasteiger partial charge in [-0.25, -0.2) is 5.43 Å². The first-order valence-corrected chi connectivity index (χ1v) is 7.34. The number of carbonyl (C=O) groups is 1. The molecule has 2 N–H and O–H groups in total. The van der Waals surface area contributed by atoms with Gasteiger partial charge in [0.2, 0.25) is 0 Å². The second-order valence-corrected chi connectivity index (χ2v) is 5.13. The van der Waals surface area contributed by atoms with Gasteiger partial charge in [0.25, 0.3) is 5.91 Å². The number of benzene rings is 2. The van der Waals surface area contributed by atoms with Gasteiger partial charge in [-0.3, -0.25) is 14.9 Å². The second-order valence-electron chi connectivity index (χ2n) is 5.13. The fourth-order valence-corrected chi connectivity index (χ4v) is 2.11. The quantitative estimate of drug-likeness (QED) is 0.474. The van der Waals surface area contributed by atoms with E-state index in [9.17, 15) is 20.0 Å². The van der Waals surface area contributed by atoms with Crippen LogP contribution in [0.15, 0.2) is 53.6 Å². The van der Waals surface area contributed by atoms with Gasteiger partial charge >= 0.3 is 5.69 Å². The molecule has 0 fully saturated rings. The van der Waals surface area contributed by atoms with Crippen LogP contribution in [0.4, 0.5) is 5.69 Å². The third kappa shape index (κ3) is 4.39. The number of hydrogen-bond acceptors (Lipinski definition) is 6. The molecular weight excluding hydrogens is 326 g/mol. The van der Waals surface area contributed by atoms with E-state index in [0.29, 0.717) is 16.8 Å². The third-order valence-corrected chi connectivity index (χ3v) is 3.49. The van der Waals surface area contributed by atoms with E-state index >= 15 is 0 Å². The molecule has 130 valence electrons. The maximum absolute atomic E-state index is 12.0. The number of nitrogens with zero attached hydrogens (tertiary/aromatic N) is 2. The highest BCUT2D eigenvalue weighted by molar-refractivity contribution is 6.00. The lowest BCUT2D eigenvalue weighted by Gasteiger charge is -2.10. The van der Waals surface area contributed by atoms with Crippen molar-refractivity contribution in [3.8, 4) is 5.75 Å². The fourth-order valence-electron chi connectivity index (χ4n) is 2.11. The monoisotopic (exact) mass is 343 g/mol. The normalized spacial score (nSPS) is 12.4. The van der Waals surface area contributed by atoms with Crippen molar-refractivity contribution in [2.45, 2.75) is 13.0 Å². The minimum Gasteiger partial charge on any atom is -0.490 e. The van der Waals surface area contributed by atoms with Crippen LogP contribution >= 0.6 is 0 Å². The largest absolute Gasteiger partial charge is 0.490 e. The van der Waals surface area contributed by atoms with Crippen LogP contribution in [0.5, 0.6) is 5.75 Å². The number of nitrogens with one attached hydrogen (secondary N) is 1. The van der Waals surface area contributed by atoms with Gasteiger partial charge in [-0.1, -0.05) is 30.3 Å². The first-order valence-electron chi connectivity index (χ1n) is 7.34. The summed E-state index contributed by atoms with van der Waals surface area (Å²) in [4.78, 5) is 22.4. The summed E-state index contributed by atoms with van der Waals surface area (Å²) in [6, 6.07) is 12.8. The molecule has 0 unspecified atom stereocenters. The molecule has 0 aromatic heterocycles. The number of nitro benzene ring substituents is 1. The Morgan fingerprint density at radius 1 is 1.28 bits per heavy atom. The van der Waals surface area contributed by atoms with Crippen molar-refractivity contribution in [2.24, 2.45) is 5.10 Å². The maximum Gasteiger partial charge on any atom is 0.311 e. The highest BCUT2D eigenvalue weighted by Gasteiger charge is 2.18. The molecular formula is C17H17N3O5. The van der Waals surface area contributed by atoms with E-state index in [1.165, 1.54) is 19.2 Å². The molecule has 1 atom stereocenters. The van der Waals surface area contributed by atoms with Crippen LogP contribution in [0, 0.1) is 10.1 Å². The molecule has 0 bridgehead atoms. The van der Waals surface area contributed by atoms with Gasteiger partial charge in [-0.15, -0.1) is 0 Å². The van der Waals surface area contributed by atoms with Gasteiger partial charge in [-0.2, -0.15) is 5.10 Å². The number of nitro groups is 1. The highest BCUT2D eigenvalue weighted by atomic mass is 16.6. The van der Waals surface area contributed by atoms with Gasteiger partial charge in [0, 0.05) is 11.6 Å². The lowest BCUT2D eigenvalue weighted by Crippen LogP contribution is -2.26. The van der Waals surface area contributed by atoms with Crippen LogP contribution in [-0.4, -0.2) is 28.8 Å². The van der Waals surface area contributed by atoms with E-state index in [-0.39, 0.29) is 11.4 Å². The average Bonchev–Trinajstić information content (AvgIpc) is 2.65. The SMILES string of the molecule is COc1ccc(C(C)=NNC(=O)[C@@H](O)c2ccccc2)cc1[N+](=O)[O-]. The minimum atomic E-state index is -1.36. The van der Waals surface area contributed by atoms with E-state index in [2.05, 4.69) is 10.5 Å². The van der Waals surface area contributed by atoms with Crippen LogP contribution in [0.25, 0.3) is 0 Å². The Hall–Kier alpha value is -3.26. The molecule has 0 aliphatic carbocycles. The first-order chi connectivity index (χ1) is 11.9. The summed E-state index contributed by atoms with van der Waals surface area (Å²) in [6.07, 6.45) is -1.36. The maximum atomic E-state index is 12.0. The van der Waals surface area contributed by atoms with Gasteiger partial charge in [-0.05, 0) is 24.6 Å². The van der Waals surface area contributed by atoms with E-state index < -0.39 is 16.9 Å². The van der Waals surface area contributed by atoms with Gasteiger partial charge in [0.05, 0.1) is 17.7 Å². The minimum absolute atomic E-state index is 0.130. The molecule has 2 rings (SSSR count). The van der Waals surface area contributed by atoms with E-state index in [4.69, 9.17) is 4.74 Å².